The number of terminal acetylenes is 1. The summed E-state index contributed by atoms with van der Waals surface area (Å²) < 4.78 is 0. The van der Waals surface area contributed by atoms with Crippen molar-refractivity contribution in [2.45, 2.75) is 116 Å². The molecule has 2 atom stereocenters. The van der Waals surface area contributed by atoms with Gasteiger partial charge in [0.2, 0.25) is 0 Å². The van der Waals surface area contributed by atoms with Crippen molar-refractivity contribution in [1.29, 1.82) is 0 Å². The number of hydrogen-bond donors (Lipinski definition) is 0. The summed E-state index contributed by atoms with van der Waals surface area (Å²) in [6, 6.07) is 0. The Morgan fingerprint density at radius 3 is 0.950 bits per heavy atom. The van der Waals surface area contributed by atoms with Gasteiger partial charge in [0.05, 0.1) is 0 Å². The summed E-state index contributed by atoms with van der Waals surface area (Å²) >= 11 is 0. The molecule has 0 nitrogen and oxygen atoms in total. The van der Waals surface area contributed by atoms with E-state index in [1.807, 2.05) is 0 Å². The molecule has 210 valence electrons. The van der Waals surface area contributed by atoms with E-state index in [0.29, 0.717) is 0 Å². The Morgan fingerprint density at radius 2 is 0.675 bits per heavy atom. The summed E-state index contributed by atoms with van der Waals surface area (Å²) in [7, 11) is 0. The smallest absolute Gasteiger partial charge is 0.0312 e. The minimum atomic E-state index is 0.760. The van der Waals surface area contributed by atoms with Gasteiger partial charge in [-0.25, -0.2) is 0 Å². The maximum atomic E-state index is 5.49. The number of benzene rings is 3. The predicted molar refractivity (Wildman–Crippen MR) is 176 cm³/mol. The van der Waals surface area contributed by atoms with Gasteiger partial charge in [-0.3, -0.25) is 0 Å². The summed E-state index contributed by atoms with van der Waals surface area (Å²) in [6.45, 7) is 33.2. The van der Waals surface area contributed by atoms with E-state index in [9.17, 15) is 0 Å². The second kappa shape index (κ2) is 11.7. The van der Waals surface area contributed by atoms with Crippen LogP contribution in [0, 0.1) is 127 Å². The van der Waals surface area contributed by atoms with Crippen LogP contribution in [-0.2, 0) is 0 Å². The predicted octanol–water partition coefficient (Wildman–Crippen LogP) is 10.2. The first-order valence-corrected chi connectivity index (χ1v) is 14.8. The molecule has 0 spiro atoms. The Morgan fingerprint density at radius 1 is 0.425 bits per heavy atom. The van der Waals surface area contributed by atoms with Gasteiger partial charge in [0.15, 0.2) is 0 Å². The molecule has 1 fully saturated rings. The fraction of sp³-hybridized carbons (Fsp3) is 0.450. The molecule has 0 heteroatoms. The molecule has 1 aliphatic carbocycles. The molecule has 0 saturated heterocycles. The van der Waals surface area contributed by atoms with Gasteiger partial charge in [0, 0.05) is 16.7 Å². The molecule has 1 saturated carbocycles. The molecular formula is C40H50. The Labute approximate surface area is 246 Å². The Balaban J connectivity index is 0.000000285. The van der Waals surface area contributed by atoms with Crippen molar-refractivity contribution in [2.24, 2.45) is 5.92 Å². The van der Waals surface area contributed by atoms with Crippen LogP contribution in [0.4, 0.5) is 0 Å². The largest absolute Gasteiger partial charge is 0.115 e. The summed E-state index contributed by atoms with van der Waals surface area (Å²) in [5, 5.41) is 0. The van der Waals surface area contributed by atoms with Crippen molar-refractivity contribution in [3.8, 4) is 24.2 Å². The molecule has 2 unspecified atom stereocenters. The number of rotatable bonds is 1. The van der Waals surface area contributed by atoms with E-state index in [-0.39, 0.29) is 0 Å². The van der Waals surface area contributed by atoms with Gasteiger partial charge in [-0.1, -0.05) is 24.7 Å². The molecule has 3 aromatic rings. The lowest BCUT2D eigenvalue weighted by atomic mass is 9.86. The lowest BCUT2D eigenvalue weighted by Crippen LogP contribution is -2.03. The van der Waals surface area contributed by atoms with Crippen molar-refractivity contribution in [3.63, 3.8) is 0 Å². The van der Waals surface area contributed by atoms with Gasteiger partial charge in [0.1, 0.15) is 0 Å². The zero-order valence-electron chi connectivity index (χ0n) is 27.9. The third-order valence-corrected chi connectivity index (χ3v) is 10.6. The van der Waals surface area contributed by atoms with Gasteiger partial charge in [-0.15, -0.1) is 6.42 Å². The molecule has 40 heavy (non-hydrogen) atoms. The fourth-order valence-electron chi connectivity index (χ4n) is 6.34. The minimum Gasteiger partial charge on any atom is -0.115 e. The summed E-state index contributed by atoms with van der Waals surface area (Å²) in [5.41, 5.74) is 24.1. The normalized spacial score (nSPS) is 15.6. The minimum absolute atomic E-state index is 0.760. The quantitative estimate of drug-likeness (QED) is 0.275. The summed E-state index contributed by atoms with van der Waals surface area (Å²) in [6.07, 6.45) is 6.83. The van der Waals surface area contributed by atoms with Crippen LogP contribution in [0.3, 0.4) is 0 Å². The fourth-order valence-corrected chi connectivity index (χ4v) is 6.34. The van der Waals surface area contributed by atoms with E-state index in [1.54, 1.807) is 5.56 Å². The lowest BCUT2D eigenvalue weighted by molar-refractivity contribution is 0.896. The molecule has 0 heterocycles. The third kappa shape index (κ3) is 5.39. The molecule has 0 radical (unpaired) electrons. The van der Waals surface area contributed by atoms with Gasteiger partial charge in [0.25, 0.3) is 0 Å². The van der Waals surface area contributed by atoms with Crippen LogP contribution in [0.2, 0.25) is 0 Å². The summed E-state index contributed by atoms with van der Waals surface area (Å²) in [4.78, 5) is 0. The molecule has 0 aromatic heterocycles. The highest BCUT2D eigenvalue weighted by Crippen LogP contribution is 2.50. The van der Waals surface area contributed by atoms with Crippen LogP contribution in [0.1, 0.15) is 119 Å². The zero-order chi connectivity index (χ0) is 30.4. The number of hydrogen-bond acceptors (Lipinski definition) is 0. The highest BCUT2D eigenvalue weighted by Gasteiger charge is 2.37. The van der Waals surface area contributed by atoms with Gasteiger partial charge >= 0.3 is 0 Å². The molecule has 0 N–H and O–H groups in total. The highest BCUT2D eigenvalue weighted by atomic mass is 14.4. The van der Waals surface area contributed by atoms with Crippen LogP contribution >= 0.6 is 0 Å². The molecular weight excluding hydrogens is 480 g/mol. The van der Waals surface area contributed by atoms with Crippen LogP contribution in [0.15, 0.2) is 0 Å². The van der Waals surface area contributed by atoms with Gasteiger partial charge < -0.3 is 0 Å². The first-order chi connectivity index (χ1) is 18.6. The maximum Gasteiger partial charge on any atom is 0.0312 e. The first-order valence-electron chi connectivity index (χ1n) is 14.8. The van der Waals surface area contributed by atoms with Gasteiger partial charge in [-0.05, 0) is 199 Å². The van der Waals surface area contributed by atoms with Crippen molar-refractivity contribution in [3.05, 3.63) is 100 Å². The van der Waals surface area contributed by atoms with Crippen LogP contribution in [-0.4, -0.2) is 0 Å². The van der Waals surface area contributed by atoms with E-state index in [1.165, 1.54) is 95.4 Å². The van der Waals surface area contributed by atoms with Crippen molar-refractivity contribution in [1.82, 2.24) is 0 Å². The topological polar surface area (TPSA) is 0 Å². The van der Waals surface area contributed by atoms with Crippen molar-refractivity contribution < 1.29 is 0 Å². The van der Waals surface area contributed by atoms with Crippen LogP contribution in [0.5, 0.6) is 0 Å². The molecule has 4 rings (SSSR count). The molecule has 3 aromatic carbocycles. The van der Waals surface area contributed by atoms with E-state index >= 15 is 0 Å². The Bertz CT molecular complexity index is 1530. The van der Waals surface area contributed by atoms with E-state index in [0.717, 1.165) is 17.4 Å². The first kappa shape index (κ1) is 31.3. The van der Waals surface area contributed by atoms with Gasteiger partial charge in [-0.2, -0.15) is 0 Å². The highest BCUT2D eigenvalue weighted by molar-refractivity contribution is 5.62. The second-order valence-corrected chi connectivity index (χ2v) is 12.5. The Kier molecular flexibility index (Phi) is 9.17. The molecule has 0 aliphatic heterocycles. The van der Waals surface area contributed by atoms with Crippen LogP contribution in [0.25, 0.3) is 0 Å². The molecule has 1 aliphatic rings. The summed E-state index contributed by atoms with van der Waals surface area (Å²) in [5.74, 6) is 11.5. The SMILES string of the molecule is C#Cc1c(C)c(C)c(C)c(C)c1C.Cc1c(C)c(C)c(C#Cc2c(C)c(C)c(C3CC3C)c(C)c2C)c(C)c1C. The maximum absolute atomic E-state index is 5.49. The average molecular weight is 531 g/mol. The van der Waals surface area contributed by atoms with Crippen molar-refractivity contribution in [2.75, 3.05) is 0 Å². The second-order valence-electron chi connectivity index (χ2n) is 12.5. The standard InChI is InChI=1S/C27H34.C13H16/c1-14-13-26(14)27-22(9)20(7)25(21(8)23(27)10)12-11-24-18(5)16(3)15(2)17(4)19(24)6;1-7-13-11(5)9(3)8(2)10(4)12(13)6/h14,26H,13H2,1-10H3;1H,2-6H3. The average Bonchev–Trinajstić information content (AvgIpc) is 3.65. The van der Waals surface area contributed by atoms with E-state index in [4.69, 9.17) is 6.42 Å². The zero-order valence-corrected chi connectivity index (χ0v) is 27.9. The Hall–Kier alpha value is -3.22. The third-order valence-electron chi connectivity index (χ3n) is 10.6. The van der Waals surface area contributed by atoms with Crippen molar-refractivity contribution >= 4 is 0 Å². The lowest BCUT2D eigenvalue weighted by Gasteiger charge is -2.18. The van der Waals surface area contributed by atoms with E-state index < -0.39 is 0 Å². The monoisotopic (exact) mass is 530 g/mol. The van der Waals surface area contributed by atoms with Crippen LogP contribution < -0.4 is 0 Å². The molecule has 0 bridgehead atoms. The van der Waals surface area contributed by atoms with E-state index in [2.05, 4.69) is 122 Å². The molecule has 0 amide bonds.